The number of amides is 2. The molecule has 0 radical (unpaired) electrons. The molecule has 2 unspecified atom stereocenters. The Labute approximate surface area is 175 Å². The summed E-state index contributed by atoms with van der Waals surface area (Å²) in [6.07, 6.45) is 2.56. The molecular weight excluding hydrogens is 380 g/mol. The predicted molar refractivity (Wildman–Crippen MR) is 114 cm³/mol. The van der Waals surface area contributed by atoms with Gasteiger partial charge in [0, 0.05) is 22.9 Å². The van der Waals surface area contributed by atoms with Crippen molar-refractivity contribution in [2.45, 2.75) is 26.6 Å². The van der Waals surface area contributed by atoms with Gasteiger partial charge in [0.1, 0.15) is 12.4 Å². The number of rotatable bonds is 8. The Morgan fingerprint density at radius 2 is 1.80 bits per heavy atom. The molecule has 2 amide bonds. The smallest absolute Gasteiger partial charge is 0.255 e. The fourth-order valence-electron chi connectivity index (χ4n) is 3.23. The number of carbonyl (C=O) groups excluding carboxylic acids is 2. The summed E-state index contributed by atoms with van der Waals surface area (Å²) >= 11 is 0. The Hall–Kier alpha value is -3.38. The van der Waals surface area contributed by atoms with E-state index in [1.54, 1.807) is 30.5 Å². The third-order valence-electron chi connectivity index (χ3n) is 5.14. The van der Waals surface area contributed by atoms with Gasteiger partial charge in [-0.15, -0.1) is 0 Å². The van der Waals surface area contributed by atoms with Crippen LogP contribution in [-0.2, 0) is 22.7 Å². The number of ether oxygens (including phenoxy) is 1. The number of hydrogen-bond acceptors (Lipinski definition) is 4. The third kappa shape index (κ3) is 5.15. The van der Waals surface area contributed by atoms with Crippen LogP contribution in [0, 0.1) is 11.8 Å². The molecule has 3 aromatic rings. The fourth-order valence-corrected chi connectivity index (χ4v) is 3.23. The summed E-state index contributed by atoms with van der Waals surface area (Å²) in [5, 5.41) is 5.79. The first-order valence-electron chi connectivity index (χ1n) is 10.00. The second kappa shape index (κ2) is 8.97. The van der Waals surface area contributed by atoms with Crippen LogP contribution in [0.25, 0.3) is 0 Å². The van der Waals surface area contributed by atoms with E-state index >= 15 is 0 Å². The lowest BCUT2D eigenvalue weighted by Crippen LogP contribution is -2.15. The van der Waals surface area contributed by atoms with Crippen LogP contribution in [-0.4, -0.2) is 11.8 Å². The molecule has 1 heterocycles. The van der Waals surface area contributed by atoms with Crippen molar-refractivity contribution in [3.63, 3.8) is 0 Å². The van der Waals surface area contributed by atoms with Crippen molar-refractivity contribution in [3.8, 4) is 0 Å². The Morgan fingerprint density at radius 3 is 2.50 bits per heavy atom. The first-order valence-corrected chi connectivity index (χ1v) is 10.00. The SMILES string of the molecule is CC1CC1C(=O)Nc1ccc(C(=O)Nc2cccc(COCc3ccco3)c2)cc1. The second-order valence-electron chi connectivity index (χ2n) is 7.61. The van der Waals surface area contributed by atoms with Gasteiger partial charge >= 0.3 is 0 Å². The molecular formula is C24H24N2O4. The van der Waals surface area contributed by atoms with E-state index in [-0.39, 0.29) is 17.7 Å². The highest BCUT2D eigenvalue weighted by Crippen LogP contribution is 2.38. The minimum atomic E-state index is -0.211. The normalized spacial score (nSPS) is 17.4. The zero-order valence-corrected chi connectivity index (χ0v) is 16.8. The van der Waals surface area contributed by atoms with Crippen LogP contribution in [0.3, 0.4) is 0 Å². The highest BCUT2D eigenvalue weighted by molar-refractivity contribution is 6.04. The Balaban J connectivity index is 1.30. The van der Waals surface area contributed by atoms with Crippen molar-refractivity contribution in [1.29, 1.82) is 0 Å². The van der Waals surface area contributed by atoms with Crippen LogP contribution >= 0.6 is 0 Å². The van der Waals surface area contributed by atoms with E-state index < -0.39 is 0 Å². The number of benzene rings is 2. The van der Waals surface area contributed by atoms with E-state index in [2.05, 4.69) is 17.6 Å². The zero-order chi connectivity index (χ0) is 20.9. The molecule has 1 aliphatic carbocycles. The molecule has 0 saturated heterocycles. The molecule has 1 aliphatic rings. The van der Waals surface area contributed by atoms with Crippen LogP contribution in [0.1, 0.15) is 35.0 Å². The molecule has 0 aliphatic heterocycles. The zero-order valence-electron chi connectivity index (χ0n) is 16.8. The van der Waals surface area contributed by atoms with Gasteiger partial charge in [0.25, 0.3) is 5.91 Å². The largest absolute Gasteiger partial charge is 0.467 e. The van der Waals surface area contributed by atoms with E-state index in [1.165, 1.54) is 0 Å². The Bertz CT molecular complexity index is 1010. The van der Waals surface area contributed by atoms with Crippen molar-refractivity contribution in [1.82, 2.24) is 0 Å². The summed E-state index contributed by atoms with van der Waals surface area (Å²) in [4.78, 5) is 24.6. The maximum atomic E-state index is 12.5. The molecule has 2 aromatic carbocycles. The van der Waals surface area contributed by atoms with Crippen LogP contribution in [0.4, 0.5) is 11.4 Å². The van der Waals surface area contributed by atoms with Gasteiger partial charge in [-0.2, -0.15) is 0 Å². The first kappa shape index (κ1) is 19.9. The van der Waals surface area contributed by atoms with Gasteiger partial charge < -0.3 is 19.8 Å². The van der Waals surface area contributed by atoms with Gasteiger partial charge in [-0.3, -0.25) is 9.59 Å². The molecule has 1 aromatic heterocycles. The molecule has 30 heavy (non-hydrogen) atoms. The number of anilines is 2. The van der Waals surface area contributed by atoms with Crippen molar-refractivity contribution in [2.24, 2.45) is 11.8 Å². The van der Waals surface area contributed by atoms with Gasteiger partial charge in [-0.25, -0.2) is 0 Å². The van der Waals surface area contributed by atoms with E-state index in [4.69, 9.17) is 9.15 Å². The number of nitrogens with one attached hydrogen (secondary N) is 2. The van der Waals surface area contributed by atoms with Crippen molar-refractivity contribution in [3.05, 3.63) is 83.8 Å². The Morgan fingerprint density at radius 1 is 1.00 bits per heavy atom. The Kier molecular flexibility index (Phi) is 5.95. The standard InChI is InChI=1S/C24H24N2O4/c1-16-12-22(16)24(28)25-19-9-7-18(8-10-19)23(27)26-20-5-2-4-17(13-20)14-29-15-21-6-3-11-30-21/h2-11,13,16,22H,12,14-15H2,1H3,(H,25,28)(H,26,27). The van der Waals surface area contributed by atoms with Crippen LogP contribution in [0.5, 0.6) is 0 Å². The number of hydrogen-bond donors (Lipinski definition) is 2. The first-order chi connectivity index (χ1) is 14.6. The molecule has 2 atom stereocenters. The van der Waals surface area contributed by atoms with Gasteiger partial charge in [0.05, 0.1) is 12.9 Å². The summed E-state index contributed by atoms with van der Waals surface area (Å²) in [5.74, 6) is 1.18. The second-order valence-corrected chi connectivity index (χ2v) is 7.61. The van der Waals surface area contributed by atoms with Gasteiger partial charge in [-0.1, -0.05) is 19.1 Å². The van der Waals surface area contributed by atoms with Crippen molar-refractivity contribution < 1.29 is 18.7 Å². The number of carbonyl (C=O) groups is 2. The average molecular weight is 404 g/mol. The van der Waals surface area contributed by atoms with Gasteiger partial charge in [0.15, 0.2) is 0 Å². The highest BCUT2D eigenvalue weighted by Gasteiger charge is 2.39. The molecule has 6 heteroatoms. The maximum Gasteiger partial charge on any atom is 0.255 e. The van der Waals surface area contributed by atoms with E-state index in [9.17, 15) is 9.59 Å². The predicted octanol–water partition coefficient (Wildman–Crippen LogP) is 4.84. The quantitative estimate of drug-likeness (QED) is 0.563. The summed E-state index contributed by atoms with van der Waals surface area (Å²) < 4.78 is 10.9. The van der Waals surface area contributed by atoms with Crippen LogP contribution in [0.2, 0.25) is 0 Å². The minimum absolute atomic E-state index is 0.0470. The molecule has 1 fully saturated rings. The van der Waals surface area contributed by atoms with Crippen LogP contribution in [0.15, 0.2) is 71.3 Å². The average Bonchev–Trinajstić information content (AvgIpc) is 3.25. The molecule has 4 rings (SSSR count). The summed E-state index contributed by atoms with van der Waals surface area (Å²) in [6, 6.07) is 18.1. The fraction of sp³-hybridized carbons (Fsp3) is 0.250. The van der Waals surface area contributed by atoms with Gasteiger partial charge in [0.2, 0.25) is 5.91 Å². The summed E-state index contributed by atoms with van der Waals surface area (Å²) in [7, 11) is 0. The summed E-state index contributed by atoms with van der Waals surface area (Å²) in [5.41, 5.74) is 2.87. The summed E-state index contributed by atoms with van der Waals surface area (Å²) in [6.45, 7) is 2.88. The van der Waals surface area contributed by atoms with E-state index in [0.29, 0.717) is 36.1 Å². The highest BCUT2D eigenvalue weighted by atomic mass is 16.5. The molecule has 1 saturated carbocycles. The lowest BCUT2D eigenvalue weighted by atomic mass is 10.1. The lowest BCUT2D eigenvalue weighted by Gasteiger charge is -2.09. The van der Waals surface area contributed by atoms with Gasteiger partial charge in [-0.05, 0) is 66.4 Å². The van der Waals surface area contributed by atoms with Crippen molar-refractivity contribution in [2.75, 3.05) is 10.6 Å². The van der Waals surface area contributed by atoms with E-state index in [0.717, 1.165) is 17.7 Å². The monoisotopic (exact) mass is 404 g/mol. The molecule has 0 spiro atoms. The van der Waals surface area contributed by atoms with Crippen molar-refractivity contribution >= 4 is 23.2 Å². The molecule has 2 N–H and O–H groups in total. The molecule has 6 nitrogen and oxygen atoms in total. The maximum absolute atomic E-state index is 12.5. The van der Waals surface area contributed by atoms with E-state index in [1.807, 2.05) is 36.4 Å². The number of furan rings is 1. The van der Waals surface area contributed by atoms with Crippen LogP contribution < -0.4 is 10.6 Å². The lowest BCUT2D eigenvalue weighted by molar-refractivity contribution is -0.117. The molecule has 0 bridgehead atoms. The minimum Gasteiger partial charge on any atom is -0.467 e. The topological polar surface area (TPSA) is 80.6 Å². The molecule has 154 valence electrons. The third-order valence-corrected chi connectivity index (χ3v) is 5.14.